The molecule has 2 unspecified atom stereocenters. The SMILES string of the molecule is CC(NC(=O)C=CC(=O)O)C(O)c1ccc(O)cc1. The first-order valence-electron chi connectivity index (χ1n) is 5.58. The number of phenolic OH excluding ortho intramolecular Hbond substituents is 1. The van der Waals surface area contributed by atoms with Gasteiger partial charge in [-0.25, -0.2) is 4.79 Å². The predicted octanol–water partition coefficient (Wildman–Crippen LogP) is 0.571. The zero-order chi connectivity index (χ0) is 14.4. The van der Waals surface area contributed by atoms with E-state index in [0.717, 1.165) is 12.2 Å². The lowest BCUT2D eigenvalue weighted by Crippen LogP contribution is -2.36. The number of aliphatic hydroxyl groups excluding tert-OH is 1. The highest BCUT2D eigenvalue weighted by Crippen LogP contribution is 2.19. The smallest absolute Gasteiger partial charge is 0.328 e. The Morgan fingerprint density at radius 2 is 1.79 bits per heavy atom. The van der Waals surface area contributed by atoms with Gasteiger partial charge in [0.2, 0.25) is 5.91 Å². The van der Waals surface area contributed by atoms with Gasteiger partial charge in [0, 0.05) is 12.2 Å². The van der Waals surface area contributed by atoms with Gasteiger partial charge >= 0.3 is 5.97 Å². The van der Waals surface area contributed by atoms with E-state index in [0.29, 0.717) is 5.56 Å². The second-order valence-corrected chi connectivity index (χ2v) is 4.01. The van der Waals surface area contributed by atoms with Crippen molar-refractivity contribution >= 4 is 11.9 Å². The van der Waals surface area contributed by atoms with E-state index in [4.69, 9.17) is 10.2 Å². The average molecular weight is 265 g/mol. The maximum atomic E-state index is 11.3. The highest BCUT2D eigenvalue weighted by molar-refractivity contribution is 5.94. The number of carbonyl (C=O) groups is 2. The van der Waals surface area contributed by atoms with Crippen LogP contribution in [-0.2, 0) is 9.59 Å². The summed E-state index contributed by atoms with van der Waals surface area (Å²) in [5.74, 6) is -1.74. The molecule has 1 amide bonds. The highest BCUT2D eigenvalue weighted by atomic mass is 16.4. The van der Waals surface area contributed by atoms with E-state index >= 15 is 0 Å². The van der Waals surface area contributed by atoms with Crippen LogP contribution >= 0.6 is 0 Å². The summed E-state index contributed by atoms with van der Waals surface area (Å²) in [5, 5.41) is 29.9. The first kappa shape index (κ1) is 14.7. The van der Waals surface area contributed by atoms with Crippen molar-refractivity contribution in [2.75, 3.05) is 0 Å². The second-order valence-electron chi connectivity index (χ2n) is 4.01. The zero-order valence-electron chi connectivity index (χ0n) is 10.3. The van der Waals surface area contributed by atoms with Crippen LogP contribution in [0.5, 0.6) is 5.75 Å². The molecule has 1 aromatic carbocycles. The molecule has 0 aliphatic carbocycles. The third-order valence-corrected chi connectivity index (χ3v) is 2.46. The van der Waals surface area contributed by atoms with Crippen molar-refractivity contribution in [2.24, 2.45) is 0 Å². The highest BCUT2D eigenvalue weighted by Gasteiger charge is 2.17. The van der Waals surface area contributed by atoms with Gasteiger partial charge in [0.1, 0.15) is 5.75 Å². The van der Waals surface area contributed by atoms with Gasteiger partial charge in [-0.1, -0.05) is 12.1 Å². The molecule has 19 heavy (non-hydrogen) atoms. The number of nitrogens with one attached hydrogen (secondary N) is 1. The zero-order valence-corrected chi connectivity index (χ0v) is 10.3. The molecule has 0 saturated heterocycles. The van der Waals surface area contributed by atoms with Gasteiger partial charge in [0.25, 0.3) is 0 Å². The minimum atomic E-state index is -1.22. The summed E-state index contributed by atoms with van der Waals surface area (Å²) in [6, 6.07) is 5.33. The monoisotopic (exact) mass is 265 g/mol. The fraction of sp³-hybridized carbons (Fsp3) is 0.231. The molecule has 0 bridgehead atoms. The summed E-state index contributed by atoms with van der Waals surface area (Å²) < 4.78 is 0. The Balaban J connectivity index is 2.62. The number of carboxylic acids is 1. The van der Waals surface area contributed by atoms with Crippen LogP contribution in [0.25, 0.3) is 0 Å². The van der Waals surface area contributed by atoms with E-state index in [2.05, 4.69) is 5.32 Å². The molecule has 0 aliphatic rings. The van der Waals surface area contributed by atoms with E-state index in [1.807, 2.05) is 0 Å². The summed E-state index contributed by atoms with van der Waals surface area (Å²) >= 11 is 0. The Kier molecular flexibility index (Phi) is 5.08. The van der Waals surface area contributed by atoms with Crippen LogP contribution in [0.3, 0.4) is 0 Å². The number of aromatic hydroxyl groups is 1. The second kappa shape index (κ2) is 6.55. The maximum Gasteiger partial charge on any atom is 0.328 e. The lowest BCUT2D eigenvalue weighted by atomic mass is 10.0. The number of carbonyl (C=O) groups excluding carboxylic acids is 1. The van der Waals surface area contributed by atoms with Gasteiger partial charge in [-0.05, 0) is 24.6 Å². The van der Waals surface area contributed by atoms with Gasteiger partial charge in [0.15, 0.2) is 0 Å². The van der Waals surface area contributed by atoms with Gasteiger partial charge in [-0.15, -0.1) is 0 Å². The first-order chi connectivity index (χ1) is 8.90. The van der Waals surface area contributed by atoms with Crippen molar-refractivity contribution < 1.29 is 24.9 Å². The summed E-state index contributed by atoms with van der Waals surface area (Å²) in [6.07, 6.45) is 0.639. The fourth-order valence-electron chi connectivity index (χ4n) is 1.46. The van der Waals surface area contributed by atoms with Gasteiger partial charge in [-0.2, -0.15) is 0 Å². The summed E-state index contributed by atoms with van der Waals surface area (Å²) in [6.45, 7) is 1.59. The summed E-state index contributed by atoms with van der Waals surface area (Å²) in [4.78, 5) is 21.6. The third-order valence-electron chi connectivity index (χ3n) is 2.46. The summed E-state index contributed by atoms with van der Waals surface area (Å²) in [5.41, 5.74) is 0.535. The standard InChI is InChI=1S/C13H15NO5/c1-8(14-11(16)6-7-12(17)18)13(19)9-2-4-10(15)5-3-9/h2-8,13,15,19H,1H3,(H,14,16)(H,17,18). The molecular weight excluding hydrogens is 250 g/mol. The Morgan fingerprint density at radius 1 is 1.21 bits per heavy atom. The Hall–Kier alpha value is -2.34. The molecule has 0 spiro atoms. The summed E-state index contributed by atoms with van der Waals surface area (Å²) in [7, 11) is 0. The number of hydrogen-bond donors (Lipinski definition) is 4. The molecule has 1 aromatic rings. The normalized spacial score (nSPS) is 14.0. The minimum Gasteiger partial charge on any atom is -0.508 e. The molecule has 0 fully saturated rings. The number of rotatable bonds is 5. The Bertz CT molecular complexity index is 480. The van der Waals surface area contributed by atoms with Gasteiger partial charge in [0.05, 0.1) is 12.1 Å². The van der Waals surface area contributed by atoms with Crippen molar-refractivity contribution in [3.8, 4) is 5.75 Å². The first-order valence-corrected chi connectivity index (χ1v) is 5.58. The molecule has 6 nitrogen and oxygen atoms in total. The quantitative estimate of drug-likeness (QED) is 0.582. The molecule has 0 radical (unpaired) electrons. The lowest BCUT2D eigenvalue weighted by Gasteiger charge is -2.19. The number of benzene rings is 1. The van der Waals surface area contributed by atoms with Gasteiger partial charge < -0.3 is 20.6 Å². The van der Waals surface area contributed by atoms with Crippen molar-refractivity contribution in [1.29, 1.82) is 0 Å². The maximum absolute atomic E-state index is 11.3. The number of phenols is 1. The third kappa shape index (κ3) is 4.81. The van der Waals surface area contributed by atoms with Crippen LogP contribution in [0.1, 0.15) is 18.6 Å². The van der Waals surface area contributed by atoms with Crippen LogP contribution < -0.4 is 5.32 Å². The molecule has 6 heteroatoms. The molecule has 0 aliphatic heterocycles. The molecule has 0 heterocycles. The van der Waals surface area contributed by atoms with E-state index < -0.39 is 24.0 Å². The van der Waals surface area contributed by atoms with Crippen molar-refractivity contribution in [3.63, 3.8) is 0 Å². The van der Waals surface area contributed by atoms with Crippen LogP contribution in [0.15, 0.2) is 36.4 Å². The topological polar surface area (TPSA) is 107 Å². The molecular formula is C13H15NO5. The number of aliphatic hydroxyl groups is 1. The van der Waals surface area contributed by atoms with Gasteiger partial charge in [-0.3, -0.25) is 4.79 Å². The van der Waals surface area contributed by atoms with Crippen LogP contribution in [-0.4, -0.2) is 33.2 Å². The van der Waals surface area contributed by atoms with Crippen LogP contribution in [0, 0.1) is 0 Å². The molecule has 0 aromatic heterocycles. The number of hydrogen-bond acceptors (Lipinski definition) is 4. The van der Waals surface area contributed by atoms with Crippen molar-refractivity contribution in [1.82, 2.24) is 5.32 Å². The molecule has 0 saturated carbocycles. The van der Waals surface area contributed by atoms with Crippen LogP contribution in [0.4, 0.5) is 0 Å². The van der Waals surface area contributed by atoms with Crippen molar-refractivity contribution in [3.05, 3.63) is 42.0 Å². The largest absolute Gasteiger partial charge is 0.508 e. The number of amides is 1. The predicted molar refractivity (Wildman–Crippen MR) is 67.4 cm³/mol. The molecule has 2 atom stereocenters. The number of aliphatic carboxylic acids is 1. The Morgan fingerprint density at radius 3 is 2.32 bits per heavy atom. The van der Waals surface area contributed by atoms with E-state index in [1.165, 1.54) is 24.3 Å². The van der Waals surface area contributed by atoms with E-state index in [1.54, 1.807) is 6.92 Å². The van der Waals surface area contributed by atoms with E-state index in [-0.39, 0.29) is 5.75 Å². The average Bonchev–Trinajstić information content (AvgIpc) is 2.36. The molecule has 4 N–H and O–H groups in total. The van der Waals surface area contributed by atoms with Crippen molar-refractivity contribution in [2.45, 2.75) is 19.1 Å². The molecule has 1 rings (SSSR count). The Labute approximate surface area is 110 Å². The lowest BCUT2D eigenvalue weighted by molar-refractivity contribution is -0.131. The fourth-order valence-corrected chi connectivity index (χ4v) is 1.46. The van der Waals surface area contributed by atoms with Crippen LogP contribution in [0.2, 0.25) is 0 Å². The minimum absolute atomic E-state index is 0.0806. The number of carboxylic acid groups (broad SMARTS) is 1. The van der Waals surface area contributed by atoms with E-state index in [9.17, 15) is 14.7 Å². The molecule has 102 valence electrons.